The lowest BCUT2D eigenvalue weighted by Crippen LogP contribution is -2.19. The molecule has 0 aromatic heterocycles. The molecular formula is C17H26O. The predicted octanol–water partition coefficient (Wildman–Crippen LogP) is 4.48. The maximum Gasteiger partial charge on any atom is 0.123 e. The Morgan fingerprint density at radius 3 is 2.06 bits per heavy atom. The molecule has 0 saturated heterocycles. The molecule has 0 bridgehead atoms. The summed E-state index contributed by atoms with van der Waals surface area (Å²) in [6, 6.07) is 2.24. The molecule has 0 radical (unpaired) electrons. The van der Waals surface area contributed by atoms with Crippen molar-refractivity contribution in [3.8, 4) is 5.75 Å². The fourth-order valence-electron chi connectivity index (χ4n) is 3.11. The number of hydrogen-bond acceptors (Lipinski definition) is 1. The van der Waals surface area contributed by atoms with E-state index in [0.29, 0.717) is 5.75 Å². The maximum atomic E-state index is 10.7. The summed E-state index contributed by atoms with van der Waals surface area (Å²) in [7, 11) is 0. The SMILES string of the molecule is CC(C)(C)c1cc2c(c(C(C)(C)C)c1O)CCC2. The third-order valence-corrected chi connectivity index (χ3v) is 3.93. The summed E-state index contributed by atoms with van der Waals surface area (Å²) in [5.41, 5.74) is 5.17. The van der Waals surface area contributed by atoms with E-state index < -0.39 is 0 Å². The van der Waals surface area contributed by atoms with Crippen molar-refractivity contribution < 1.29 is 5.11 Å². The molecule has 1 aliphatic carbocycles. The van der Waals surface area contributed by atoms with Crippen molar-refractivity contribution in [2.45, 2.75) is 71.6 Å². The molecule has 100 valence electrons. The summed E-state index contributed by atoms with van der Waals surface area (Å²) in [5, 5.41) is 10.7. The van der Waals surface area contributed by atoms with E-state index in [2.05, 4.69) is 47.6 Å². The zero-order valence-electron chi connectivity index (χ0n) is 12.6. The van der Waals surface area contributed by atoms with Gasteiger partial charge in [-0.25, -0.2) is 0 Å². The smallest absolute Gasteiger partial charge is 0.123 e. The molecule has 1 N–H and O–H groups in total. The summed E-state index contributed by atoms with van der Waals surface area (Å²) >= 11 is 0. The van der Waals surface area contributed by atoms with Gasteiger partial charge >= 0.3 is 0 Å². The van der Waals surface area contributed by atoms with Gasteiger partial charge in [0.1, 0.15) is 5.75 Å². The van der Waals surface area contributed by atoms with Crippen molar-refractivity contribution in [3.63, 3.8) is 0 Å². The Morgan fingerprint density at radius 1 is 0.944 bits per heavy atom. The standard InChI is InChI=1S/C17H26O/c1-16(2,3)13-10-11-8-7-9-12(11)14(15(13)18)17(4,5)6/h10,18H,7-9H2,1-6H3. The highest BCUT2D eigenvalue weighted by Crippen LogP contribution is 2.44. The summed E-state index contributed by atoms with van der Waals surface area (Å²) in [6.07, 6.45) is 3.52. The van der Waals surface area contributed by atoms with Crippen molar-refractivity contribution >= 4 is 0 Å². The topological polar surface area (TPSA) is 20.2 Å². The average molecular weight is 246 g/mol. The molecule has 0 aliphatic heterocycles. The zero-order chi connectivity index (χ0) is 13.7. The minimum Gasteiger partial charge on any atom is -0.507 e. The van der Waals surface area contributed by atoms with E-state index in [1.807, 2.05) is 0 Å². The van der Waals surface area contributed by atoms with Crippen LogP contribution in [0.25, 0.3) is 0 Å². The molecule has 1 aromatic rings. The molecule has 2 rings (SSSR count). The van der Waals surface area contributed by atoms with Gasteiger partial charge in [0, 0.05) is 5.56 Å². The van der Waals surface area contributed by atoms with Crippen LogP contribution in [0.5, 0.6) is 5.75 Å². The van der Waals surface area contributed by atoms with Gasteiger partial charge in [-0.1, -0.05) is 47.6 Å². The van der Waals surface area contributed by atoms with Crippen molar-refractivity contribution in [3.05, 3.63) is 28.3 Å². The van der Waals surface area contributed by atoms with Crippen LogP contribution in [0.2, 0.25) is 0 Å². The number of aryl methyl sites for hydroxylation is 1. The highest BCUT2D eigenvalue weighted by molar-refractivity contribution is 5.56. The van der Waals surface area contributed by atoms with E-state index in [9.17, 15) is 5.11 Å². The summed E-state index contributed by atoms with van der Waals surface area (Å²) < 4.78 is 0. The third-order valence-electron chi connectivity index (χ3n) is 3.93. The van der Waals surface area contributed by atoms with E-state index >= 15 is 0 Å². The van der Waals surface area contributed by atoms with Gasteiger partial charge in [-0.3, -0.25) is 0 Å². The number of phenols is 1. The molecule has 0 saturated carbocycles. The van der Waals surface area contributed by atoms with Crippen LogP contribution < -0.4 is 0 Å². The number of phenolic OH excluding ortho intramolecular Hbond substituents is 1. The van der Waals surface area contributed by atoms with Gasteiger partial charge in [0.05, 0.1) is 0 Å². The largest absolute Gasteiger partial charge is 0.507 e. The van der Waals surface area contributed by atoms with Gasteiger partial charge in [0.25, 0.3) is 0 Å². The molecule has 0 atom stereocenters. The second kappa shape index (κ2) is 4.01. The molecule has 0 heterocycles. The van der Waals surface area contributed by atoms with Crippen LogP contribution in [0.1, 0.15) is 70.2 Å². The highest BCUT2D eigenvalue weighted by Gasteiger charge is 2.31. The molecule has 0 fully saturated rings. The Hall–Kier alpha value is -0.980. The average Bonchev–Trinajstić information content (AvgIpc) is 2.59. The molecule has 18 heavy (non-hydrogen) atoms. The minimum absolute atomic E-state index is 0.00169. The molecule has 0 amide bonds. The van der Waals surface area contributed by atoms with Crippen LogP contribution in [0.3, 0.4) is 0 Å². The third kappa shape index (κ3) is 2.15. The van der Waals surface area contributed by atoms with E-state index in [4.69, 9.17) is 0 Å². The van der Waals surface area contributed by atoms with E-state index in [1.165, 1.54) is 29.5 Å². The Balaban J connectivity index is 2.76. The number of fused-ring (bicyclic) bond motifs is 1. The van der Waals surface area contributed by atoms with Gasteiger partial charge < -0.3 is 5.11 Å². The van der Waals surface area contributed by atoms with Crippen molar-refractivity contribution in [2.75, 3.05) is 0 Å². The Kier molecular flexibility index (Phi) is 3.00. The van der Waals surface area contributed by atoms with E-state index in [-0.39, 0.29) is 10.8 Å². The monoisotopic (exact) mass is 246 g/mol. The molecular weight excluding hydrogens is 220 g/mol. The normalized spacial score (nSPS) is 15.9. The Labute approximate surface area is 111 Å². The van der Waals surface area contributed by atoms with Crippen LogP contribution >= 0.6 is 0 Å². The highest BCUT2D eigenvalue weighted by atomic mass is 16.3. The van der Waals surface area contributed by atoms with Crippen molar-refractivity contribution in [1.29, 1.82) is 0 Å². The first-order valence-corrected chi connectivity index (χ1v) is 7.01. The summed E-state index contributed by atoms with van der Waals surface area (Å²) in [6.45, 7) is 13.1. The summed E-state index contributed by atoms with van der Waals surface area (Å²) in [4.78, 5) is 0. The van der Waals surface area contributed by atoms with E-state index in [1.54, 1.807) is 0 Å². The molecule has 1 aliphatic rings. The fourth-order valence-corrected chi connectivity index (χ4v) is 3.11. The molecule has 0 unspecified atom stereocenters. The minimum atomic E-state index is 0.00169. The summed E-state index contributed by atoms with van der Waals surface area (Å²) in [5.74, 6) is 0.538. The predicted molar refractivity (Wildman–Crippen MR) is 77.5 cm³/mol. The number of benzene rings is 1. The Morgan fingerprint density at radius 2 is 1.56 bits per heavy atom. The lowest BCUT2D eigenvalue weighted by Gasteiger charge is -2.30. The number of aromatic hydroxyl groups is 1. The van der Waals surface area contributed by atoms with Crippen molar-refractivity contribution in [1.82, 2.24) is 0 Å². The van der Waals surface area contributed by atoms with Crippen LogP contribution in [0.4, 0.5) is 0 Å². The molecule has 1 nitrogen and oxygen atoms in total. The van der Waals surface area contributed by atoms with Gasteiger partial charge in [0.2, 0.25) is 0 Å². The van der Waals surface area contributed by atoms with Crippen LogP contribution in [0.15, 0.2) is 6.07 Å². The second-order valence-electron chi connectivity index (χ2n) is 7.64. The zero-order valence-corrected chi connectivity index (χ0v) is 12.6. The molecule has 0 spiro atoms. The van der Waals surface area contributed by atoms with Gasteiger partial charge in [0.15, 0.2) is 0 Å². The van der Waals surface area contributed by atoms with Gasteiger partial charge in [-0.2, -0.15) is 0 Å². The quantitative estimate of drug-likeness (QED) is 0.715. The maximum absolute atomic E-state index is 10.7. The first-order valence-electron chi connectivity index (χ1n) is 7.01. The molecule has 1 aromatic carbocycles. The number of rotatable bonds is 0. The van der Waals surface area contributed by atoms with Crippen LogP contribution in [0, 0.1) is 0 Å². The first kappa shape index (κ1) is 13.5. The lowest BCUT2D eigenvalue weighted by atomic mass is 9.76. The lowest BCUT2D eigenvalue weighted by molar-refractivity contribution is 0.421. The fraction of sp³-hybridized carbons (Fsp3) is 0.647. The van der Waals surface area contributed by atoms with Crippen LogP contribution in [-0.2, 0) is 23.7 Å². The number of hydrogen-bond donors (Lipinski definition) is 1. The van der Waals surface area contributed by atoms with E-state index in [0.717, 1.165) is 12.0 Å². The van der Waals surface area contributed by atoms with Gasteiger partial charge in [-0.15, -0.1) is 0 Å². The van der Waals surface area contributed by atoms with Crippen molar-refractivity contribution in [2.24, 2.45) is 0 Å². The Bertz CT molecular complexity index is 470. The van der Waals surface area contributed by atoms with Crippen LogP contribution in [-0.4, -0.2) is 5.11 Å². The first-order chi connectivity index (χ1) is 8.12. The second-order valence-corrected chi connectivity index (χ2v) is 7.64. The van der Waals surface area contributed by atoms with Gasteiger partial charge in [-0.05, 0) is 46.8 Å². The molecule has 1 heteroatoms.